The fourth-order valence-electron chi connectivity index (χ4n) is 2.87. The molecule has 4 aromatic rings. The van der Waals surface area contributed by atoms with Crippen molar-refractivity contribution in [2.45, 2.75) is 6.61 Å². The Morgan fingerprint density at radius 1 is 0.857 bits per heavy atom. The molecule has 0 unspecified atom stereocenters. The van der Waals surface area contributed by atoms with E-state index in [1.54, 1.807) is 42.5 Å². The Kier molecular flexibility index (Phi) is 6.92. The third-order valence-electron chi connectivity index (χ3n) is 4.52. The monoisotopic (exact) mass is 476 g/mol. The van der Waals surface area contributed by atoms with Crippen LogP contribution in [-0.2, 0) is 6.61 Å². The summed E-state index contributed by atoms with van der Waals surface area (Å²) in [5, 5.41) is 14.0. The molecule has 0 spiro atoms. The molecule has 0 saturated heterocycles. The van der Waals surface area contributed by atoms with Gasteiger partial charge in [-0.05, 0) is 36.4 Å². The molecule has 5 N–H and O–H groups in total. The van der Waals surface area contributed by atoms with E-state index in [2.05, 4.69) is 21.4 Å². The number of aromatic hydroxyl groups is 1. The predicted molar refractivity (Wildman–Crippen MR) is 121 cm³/mol. The highest BCUT2D eigenvalue weighted by Crippen LogP contribution is 2.17. The van der Waals surface area contributed by atoms with Crippen LogP contribution in [0.5, 0.6) is 11.5 Å². The molecule has 12 heteroatoms. The van der Waals surface area contributed by atoms with E-state index >= 15 is 0 Å². The zero-order valence-electron chi connectivity index (χ0n) is 18.1. The van der Waals surface area contributed by atoms with E-state index in [0.717, 1.165) is 0 Å². The number of hydrogen-bond acceptors (Lipinski definition) is 7. The molecule has 2 aromatic heterocycles. The van der Waals surface area contributed by atoms with E-state index < -0.39 is 17.8 Å². The molecule has 0 bridgehead atoms. The molecule has 178 valence electrons. The number of ether oxygens (including phenoxy) is 1. The average Bonchev–Trinajstić information content (AvgIpc) is 3.53. The summed E-state index contributed by atoms with van der Waals surface area (Å²) in [5.41, 5.74) is 8.62. The van der Waals surface area contributed by atoms with Gasteiger partial charge in [-0.2, -0.15) is 5.10 Å². The molecular weight excluding hydrogens is 456 g/mol. The van der Waals surface area contributed by atoms with Crippen LogP contribution in [0.25, 0.3) is 5.69 Å². The van der Waals surface area contributed by atoms with Crippen molar-refractivity contribution in [3.63, 3.8) is 0 Å². The minimum atomic E-state index is -0.951. The minimum Gasteiger partial charge on any atom is -0.504 e. The highest BCUT2D eigenvalue weighted by atomic mass is 16.5. The molecule has 4 amide bonds. The Bertz CT molecular complexity index is 1320. The van der Waals surface area contributed by atoms with Crippen molar-refractivity contribution in [2.24, 2.45) is 0 Å². The summed E-state index contributed by atoms with van der Waals surface area (Å²) in [4.78, 5) is 36.3. The van der Waals surface area contributed by atoms with Gasteiger partial charge in [0.25, 0.3) is 5.91 Å². The Morgan fingerprint density at radius 2 is 1.51 bits per heavy atom. The lowest BCUT2D eigenvalue weighted by atomic mass is 10.3. The van der Waals surface area contributed by atoms with E-state index in [1.807, 2.05) is 29.7 Å². The maximum absolute atomic E-state index is 12.2. The number of nitrogens with one attached hydrogen (secondary N) is 4. The summed E-state index contributed by atoms with van der Waals surface area (Å²) in [6.45, 7) is 0.115. The van der Waals surface area contributed by atoms with Crippen molar-refractivity contribution in [1.82, 2.24) is 31.5 Å². The number of carbonyl (C=O) groups is 3. The second-order valence-electron chi connectivity index (χ2n) is 7.00. The van der Waals surface area contributed by atoms with E-state index in [0.29, 0.717) is 17.2 Å². The van der Waals surface area contributed by atoms with Gasteiger partial charge < -0.3 is 14.3 Å². The highest BCUT2D eigenvalue weighted by Gasteiger charge is 2.18. The van der Waals surface area contributed by atoms with Crippen molar-refractivity contribution in [2.75, 3.05) is 0 Å². The number of para-hydroxylation sites is 2. The zero-order valence-corrected chi connectivity index (χ0v) is 18.1. The summed E-state index contributed by atoms with van der Waals surface area (Å²) in [5.74, 6) is -0.977. The fourth-order valence-corrected chi connectivity index (χ4v) is 2.87. The molecule has 4 rings (SSSR count). The number of nitrogens with zero attached hydrogens (tertiary/aromatic N) is 2. The Hall–Kier alpha value is -5.26. The van der Waals surface area contributed by atoms with Gasteiger partial charge in [-0.25, -0.2) is 20.3 Å². The van der Waals surface area contributed by atoms with Gasteiger partial charge in [0, 0.05) is 0 Å². The molecule has 35 heavy (non-hydrogen) atoms. The van der Waals surface area contributed by atoms with Crippen LogP contribution in [0.2, 0.25) is 0 Å². The number of hydrazine groups is 2. The quantitative estimate of drug-likeness (QED) is 0.266. The number of urea groups is 1. The van der Waals surface area contributed by atoms with Gasteiger partial charge in [-0.15, -0.1) is 0 Å². The number of hydrogen-bond donors (Lipinski definition) is 5. The number of furan rings is 1. The van der Waals surface area contributed by atoms with Gasteiger partial charge in [0.1, 0.15) is 18.1 Å². The van der Waals surface area contributed by atoms with Gasteiger partial charge in [-0.3, -0.25) is 20.4 Å². The predicted octanol–water partition coefficient (Wildman–Crippen LogP) is 2.04. The maximum atomic E-state index is 12.2. The number of carbonyl (C=O) groups excluding carboxylic acids is 3. The average molecular weight is 476 g/mol. The molecule has 0 saturated carbocycles. The lowest BCUT2D eigenvalue weighted by molar-refractivity contribution is 0.0902. The smallest absolute Gasteiger partial charge is 0.352 e. The third-order valence-corrected chi connectivity index (χ3v) is 4.52. The first kappa shape index (κ1) is 22.9. The SMILES string of the molecule is O=C(NNC(=O)c1ccc(COc2ccccc2)o1)NNC(=O)c1nn(-c2ccccc2)cc1O. The summed E-state index contributed by atoms with van der Waals surface area (Å²) in [6.07, 6.45) is 1.26. The number of benzene rings is 2. The van der Waals surface area contributed by atoms with Crippen molar-refractivity contribution in [1.29, 1.82) is 0 Å². The molecule has 0 atom stereocenters. The van der Waals surface area contributed by atoms with Gasteiger partial charge in [0.05, 0.1) is 11.9 Å². The molecular formula is C23H20N6O6. The zero-order chi connectivity index (χ0) is 24.6. The molecule has 0 aliphatic carbocycles. The Morgan fingerprint density at radius 3 is 2.23 bits per heavy atom. The van der Waals surface area contributed by atoms with Crippen LogP contribution in [0, 0.1) is 0 Å². The van der Waals surface area contributed by atoms with Crippen molar-refractivity contribution < 1.29 is 28.6 Å². The molecule has 2 aromatic carbocycles. The van der Waals surface area contributed by atoms with Crippen molar-refractivity contribution in [3.05, 3.63) is 96.2 Å². The van der Waals surface area contributed by atoms with Gasteiger partial charge in [-0.1, -0.05) is 36.4 Å². The third kappa shape index (κ3) is 5.96. The molecule has 0 radical (unpaired) electrons. The summed E-state index contributed by atoms with van der Waals surface area (Å²) in [6, 6.07) is 20.0. The summed E-state index contributed by atoms with van der Waals surface area (Å²) < 4.78 is 12.2. The van der Waals surface area contributed by atoms with Crippen LogP contribution in [0.15, 0.2) is 83.4 Å². The normalized spacial score (nSPS) is 10.3. The topological polar surface area (TPSA) is 160 Å². The lowest BCUT2D eigenvalue weighted by Gasteiger charge is -2.08. The molecule has 0 fully saturated rings. The van der Waals surface area contributed by atoms with Crippen LogP contribution < -0.4 is 26.4 Å². The van der Waals surface area contributed by atoms with Crippen molar-refractivity contribution in [3.8, 4) is 17.2 Å². The number of amides is 4. The van der Waals surface area contributed by atoms with E-state index in [9.17, 15) is 19.5 Å². The maximum Gasteiger partial charge on any atom is 0.352 e. The van der Waals surface area contributed by atoms with E-state index in [-0.39, 0.29) is 23.8 Å². The van der Waals surface area contributed by atoms with Crippen LogP contribution in [0.1, 0.15) is 26.8 Å². The first-order valence-corrected chi connectivity index (χ1v) is 10.3. The molecule has 12 nitrogen and oxygen atoms in total. The van der Waals surface area contributed by atoms with E-state index in [1.165, 1.54) is 16.9 Å². The number of rotatable bonds is 6. The van der Waals surface area contributed by atoms with Gasteiger partial charge >= 0.3 is 11.9 Å². The van der Waals surface area contributed by atoms with Crippen LogP contribution in [-0.4, -0.2) is 32.7 Å². The highest BCUT2D eigenvalue weighted by molar-refractivity contribution is 5.96. The first-order valence-electron chi connectivity index (χ1n) is 10.3. The van der Waals surface area contributed by atoms with Gasteiger partial charge in [0.2, 0.25) is 0 Å². The largest absolute Gasteiger partial charge is 0.504 e. The molecule has 0 aliphatic heterocycles. The second kappa shape index (κ2) is 10.6. The van der Waals surface area contributed by atoms with Crippen molar-refractivity contribution >= 4 is 17.8 Å². The van der Waals surface area contributed by atoms with Crippen LogP contribution in [0.3, 0.4) is 0 Å². The number of aromatic nitrogens is 2. The summed E-state index contributed by atoms with van der Waals surface area (Å²) >= 11 is 0. The Labute approximate surface area is 198 Å². The minimum absolute atomic E-state index is 0.0580. The van der Waals surface area contributed by atoms with Gasteiger partial charge in [0.15, 0.2) is 17.2 Å². The fraction of sp³-hybridized carbons (Fsp3) is 0.0435. The lowest BCUT2D eigenvalue weighted by Crippen LogP contribution is -2.52. The first-order chi connectivity index (χ1) is 17.0. The van der Waals surface area contributed by atoms with Crippen LogP contribution >= 0.6 is 0 Å². The standard InChI is InChI=1S/C23H20N6O6/c30-18-13-29(15-7-3-1-4-8-15)28-20(18)22(32)25-27-23(33)26-24-21(31)19-12-11-17(35-19)14-34-16-9-5-2-6-10-16/h1-13,30H,14H2,(H,24,31)(H,25,32)(H2,26,27,33). The second-order valence-corrected chi connectivity index (χ2v) is 7.00. The van der Waals surface area contributed by atoms with Crippen LogP contribution in [0.4, 0.5) is 4.79 Å². The van der Waals surface area contributed by atoms with E-state index in [4.69, 9.17) is 9.15 Å². The summed E-state index contributed by atoms with van der Waals surface area (Å²) in [7, 11) is 0. The molecule has 0 aliphatic rings. The molecule has 2 heterocycles. The Balaban J connectivity index is 1.22.